The Kier molecular flexibility index (Phi) is 4.83. The molecule has 0 saturated carbocycles. The molecule has 1 aliphatic rings. The number of rotatable bonds is 3. The third-order valence-electron chi connectivity index (χ3n) is 3.88. The molecule has 0 bridgehead atoms. The van der Waals surface area contributed by atoms with Crippen LogP contribution in [0.5, 0.6) is 0 Å². The van der Waals surface area contributed by atoms with Gasteiger partial charge in [0.15, 0.2) is 0 Å². The van der Waals surface area contributed by atoms with Crippen molar-refractivity contribution in [1.29, 1.82) is 0 Å². The average Bonchev–Trinajstić information content (AvgIpc) is 2.45. The first-order chi connectivity index (χ1) is 10.8. The minimum atomic E-state index is -3.20. The van der Waals surface area contributed by atoms with Crippen molar-refractivity contribution in [1.82, 2.24) is 9.71 Å². The highest BCUT2D eigenvalue weighted by Crippen LogP contribution is 2.34. The molecule has 0 amide bonds. The molecule has 1 atom stereocenters. The minimum Gasteiger partial charge on any atom is -0.369 e. The summed E-state index contributed by atoms with van der Waals surface area (Å²) in [5.74, 6) is 0. The molecule has 124 valence electrons. The Hall–Kier alpha value is -0.890. The van der Waals surface area contributed by atoms with Crippen LogP contribution in [0.25, 0.3) is 10.9 Å². The van der Waals surface area contributed by atoms with Crippen LogP contribution < -0.4 is 9.62 Å². The third-order valence-corrected chi connectivity index (χ3v) is 5.39. The van der Waals surface area contributed by atoms with E-state index in [1.807, 2.05) is 18.2 Å². The molecular weight excluding hydrogens is 402 g/mol. The van der Waals surface area contributed by atoms with Gasteiger partial charge in [-0.05, 0) is 31.0 Å². The molecule has 1 N–H and O–H groups in total. The molecule has 0 spiro atoms. The highest BCUT2D eigenvalue weighted by molar-refractivity contribution is 9.10. The van der Waals surface area contributed by atoms with Gasteiger partial charge in [0.2, 0.25) is 10.0 Å². The normalized spacial score (nSPS) is 19.3. The van der Waals surface area contributed by atoms with Crippen LogP contribution in [-0.2, 0) is 10.0 Å². The first kappa shape index (κ1) is 17.0. The van der Waals surface area contributed by atoms with E-state index in [2.05, 4.69) is 30.5 Å². The van der Waals surface area contributed by atoms with Crippen molar-refractivity contribution in [3.63, 3.8) is 0 Å². The van der Waals surface area contributed by atoms with Gasteiger partial charge in [0, 0.05) is 40.9 Å². The quantitative estimate of drug-likeness (QED) is 0.831. The van der Waals surface area contributed by atoms with Gasteiger partial charge < -0.3 is 4.90 Å². The Morgan fingerprint density at radius 2 is 2.22 bits per heavy atom. The van der Waals surface area contributed by atoms with Crippen molar-refractivity contribution in [2.75, 3.05) is 24.2 Å². The standard InChI is InChI=1S/C15H17BrClN3O2S/c1-23(21,22)19-11-3-2-6-20(9-11)14-4-5-18-15-12(14)7-10(16)8-13(15)17/h4-5,7-8,11,19H,2-3,6,9H2,1H3. The van der Waals surface area contributed by atoms with Crippen molar-refractivity contribution in [3.8, 4) is 0 Å². The van der Waals surface area contributed by atoms with Crippen molar-refractivity contribution < 1.29 is 8.42 Å². The number of halogens is 2. The summed E-state index contributed by atoms with van der Waals surface area (Å²) in [6.45, 7) is 1.52. The van der Waals surface area contributed by atoms with E-state index in [1.165, 1.54) is 6.26 Å². The van der Waals surface area contributed by atoms with Crippen LogP contribution in [0, 0.1) is 0 Å². The van der Waals surface area contributed by atoms with E-state index < -0.39 is 10.0 Å². The Morgan fingerprint density at radius 3 is 2.96 bits per heavy atom. The topological polar surface area (TPSA) is 62.3 Å². The highest BCUT2D eigenvalue weighted by Gasteiger charge is 2.24. The number of hydrogen-bond donors (Lipinski definition) is 1. The zero-order valence-electron chi connectivity index (χ0n) is 12.6. The van der Waals surface area contributed by atoms with Gasteiger partial charge >= 0.3 is 0 Å². The van der Waals surface area contributed by atoms with Gasteiger partial charge in [-0.25, -0.2) is 13.1 Å². The van der Waals surface area contributed by atoms with Crippen LogP contribution in [0.2, 0.25) is 5.02 Å². The van der Waals surface area contributed by atoms with E-state index in [9.17, 15) is 8.42 Å². The average molecular weight is 419 g/mol. The second-order valence-electron chi connectivity index (χ2n) is 5.79. The molecule has 1 aromatic heterocycles. The maximum Gasteiger partial charge on any atom is 0.209 e. The predicted octanol–water partition coefficient (Wildman–Crippen LogP) is 3.17. The smallest absolute Gasteiger partial charge is 0.209 e. The van der Waals surface area contributed by atoms with E-state index in [0.717, 1.165) is 40.4 Å². The van der Waals surface area contributed by atoms with Crippen molar-refractivity contribution >= 4 is 54.1 Å². The number of nitrogens with one attached hydrogen (secondary N) is 1. The lowest BCUT2D eigenvalue weighted by atomic mass is 10.0. The van der Waals surface area contributed by atoms with Gasteiger partial charge in [0.1, 0.15) is 0 Å². The molecule has 2 heterocycles. The van der Waals surface area contributed by atoms with E-state index in [1.54, 1.807) is 6.20 Å². The number of pyridine rings is 1. The molecule has 0 radical (unpaired) electrons. The number of anilines is 1. The summed E-state index contributed by atoms with van der Waals surface area (Å²) in [4.78, 5) is 6.56. The summed E-state index contributed by atoms with van der Waals surface area (Å²) in [7, 11) is -3.20. The van der Waals surface area contributed by atoms with Crippen LogP contribution in [0.1, 0.15) is 12.8 Å². The van der Waals surface area contributed by atoms with Crippen LogP contribution >= 0.6 is 27.5 Å². The van der Waals surface area contributed by atoms with Gasteiger partial charge in [-0.1, -0.05) is 27.5 Å². The lowest BCUT2D eigenvalue weighted by molar-refractivity contribution is 0.468. The van der Waals surface area contributed by atoms with Crippen molar-refractivity contribution in [3.05, 3.63) is 33.9 Å². The summed E-state index contributed by atoms with van der Waals surface area (Å²) in [5, 5.41) is 1.56. The van der Waals surface area contributed by atoms with Crippen LogP contribution in [0.4, 0.5) is 5.69 Å². The second kappa shape index (κ2) is 6.55. The van der Waals surface area contributed by atoms with Gasteiger partial charge in [-0.2, -0.15) is 0 Å². The largest absolute Gasteiger partial charge is 0.369 e. The zero-order valence-corrected chi connectivity index (χ0v) is 15.7. The Morgan fingerprint density at radius 1 is 1.43 bits per heavy atom. The Bertz CT molecular complexity index is 844. The molecule has 1 saturated heterocycles. The van der Waals surface area contributed by atoms with Gasteiger partial charge in [-0.3, -0.25) is 4.98 Å². The SMILES string of the molecule is CS(=O)(=O)NC1CCCN(c2ccnc3c(Cl)cc(Br)cc23)C1. The van der Waals surface area contributed by atoms with E-state index in [4.69, 9.17) is 11.6 Å². The number of sulfonamides is 1. The number of hydrogen-bond acceptors (Lipinski definition) is 4. The Balaban J connectivity index is 1.96. The fourth-order valence-electron chi connectivity index (χ4n) is 3.04. The molecule has 2 aromatic rings. The molecular formula is C15H17BrClN3O2S. The molecule has 0 aliphatic carbocycles. The molecule has 1 aromatic carbocycles. The minimum absolute atomic E-state index is 0.0791. The molecule has 1 unspecified atom stereocenters. The first-order valence-electron chi connectivity index (χ1n) is 7.29. The number of fused-ring (bicyclic) bond motifs is 1. The molecule has 1 fully saturated rings. The number of piperidine rings is 1. The summed E-state index contributed by atoms with van der Waals surface area (Å²) in [6, 6.07) is 5.69. The van der Waals surface area contributed by atoms with E-state index in [0.29, 0.717) is 11.6 Å². The van der Waals surface area contributed by atoms with Crippen LogP contribution in [-0.4, -0.2) is 38.8 Å². The summed E-state index contributed by atoms with van der Waals surface area (Å²) in [5.41, 5.74) is 1.78. The molecule has 1 aliphatic heterocycles. The molecule has 5 nitrogen and oxygen atoms in total. The van der Waals surface area contributed by atoms with E-state index in [-0.39, 0.29) is 6.04 Å². The summed E-state index contributed by atoms with van der Waals surface area (Å²) < 4.78 is 26.6. The fraction of sp³-hybridized carbons (Fsp3) is 0.400. The van der Waals surface area contributed by atoms with Crippen molar-refractivity contribution in [2.45, 2.75) is 18.9 Å². The fourth-order valence-corrected chi connectivity index (χ4v) is 4.69. The Labute approximate surface area is 149 Å². The highest BCUT2D eigenvalue weighted by atomic mass is 79.9. The lowest BCUT2D eigenvalue weighted by Gasteiger charge is -2.35. The molecule has 8 heteroatoms. The molecule has 23 heavy (non-hydrogen) atoms. The van der Waals surface area contributed by atoms with Gasteiger partial charge in [0.25, 0.3) is 0 Å². The maximum absolute atomic E-state index is 11.5. The zero-order chi connectivity index (χ0) is 16.6. The third kappa shape index (κ3) is 3.96. The first-order valence-corrected chi connectivity index (χ1v) is 10.4. The van der Waals surface area contributed by atoms with Crippen molar-refractivity contribution in [2.24, 2.45) is 0 Å². The van der Waals surface area contributed by atoms with Crippen LogP contribution in [0.3, 0.4) is 0 Å². The second-order valence-corrected chi connectivity index (χ2v) is 8.89. The van der Waals surface area contributed by atoms with E-state index >= 15 is 0 Å². The van der Waals surface area contributed by atoms with Gasteiger partial charge in [-0.15, -0.1) is 0 Å². The maximum atomic E-state index is 11.5. The predicted molar refractivity (Wildman–Crippen MR) is 97.7 cm³/mol. The van der Waals surface area contributed by atoms with Crippen LogP contribution in [0.15, 0.2) is 28.9 Å². The van der Waals surface area contributed by atoms with Gasteiger partial charge in [0.05, 0.1) is 16.8 Å². The summed E-state index contributed by atoms with van der Waals surface area (Å²) >= 11 is 9.76. The monoisotopic (exact) mass is 417 g/mol. The number of benzene rings is 1. The lowest BCUT2D eigenvalue weighted by Crippen LogP contribution is -2.47. The number of nitrogens with zero attached hydrogens (tertiary/aromatic N) is 2. The molecule has 3 rings (SSSR count). The summed E-state index contributed by atoms with van der Waals surface area (Å²) in [6.07, 6.45) is 4.71. The number of aromatic nitrogens is 1.